The molecule has 3 rings (SSSR count). The SMILES string of the molecule is CCn1cc(C2CCCN(C(=O)OC(C)(C)C)C2)c2c(O)cc(F)cc21. The Balaban J connectivity index is 1.93. The van der Waals surface area contributed by atoms with Gasteiger partial charge in [0.05, 0.1) is 5.52 Å². The number of fused-ring (bicyclic) bond motifs is 1. The third-order valence-corrected chi connectivity index (χ3v) is 4.81. The minimum absolute atomic E-state index is 0.0448. The average Bonchev–Trinajstić information content (AvgIpc) is 2.92. The fourth-order valence-electron chi connectivity index (χ4n) is 3.70. The maximum absolute atomic E-state index is 13.7. The number of carbonyl (C=O) groups excluding carboxylic acids is 1. The number of amides is 1. The Morgan fingerprint density at radius 2 is 2.12 bits per heavy atom. The topological polar surface area (TPSA) is 54.7 Å². The van der Waals surface area contributed by atoms with Crippen LogP contribution in [-0.2, 0) is 11.3 Å². The fourth-order valence-corrected chi connectivity index (χ4v) is 3.70. The lowest BCUT2D eigenvalue weighted by atomic mass is 9.90. The first-order chi connectivity index (χ1) is 12.2. The van der Waals surface area contributed by atoms with Crippen LogP contribution in [0.5, 0.6) is 5.75 Å². The second-order valence-corrected chi connectivity index (χ2v) is 7.96. The number of hydrogen-bond acceptors (Lipinski definition) is 3. The van der Waals surface area contributed by atoms with E-state index in [1.165, 1.54) is 6.07 Å². The molecule has 0 bridgehead atoms. The predicted octanol–water partition coefficient (Wildman–Crippen LogP) is 4.62. The third kappa shape index (κ3) is 3.64. The van der Waals surface area contributed by atoms with Gasteiger partial charge < -0.3 is 19.3 Å². The maximum atomic E-state index is 13.7. The van der Waals surface area contributed by atoms with Crippen LogP contribution >= 0.6 is 0 Å². The number of ether oxygens (including phenoxy) is 1. The predicted molar refractivity (Wildman–Crippen MR) is 99.0 cm³/mol. The largest absolute Gasteiger partial charge is 0.507 e. The first-order valence-electron chi connectivity index (χ1n) is 9.18. The molecule has 1 aromatic carbocycles. The van der Waals surface area contributed by atoms with Crippen LogP contribution in [-0.4, -0.2) is 39.4 Å². The van der Waals surface area contributed by atoms with Crippen LogP contribution in [0.3, 0.4) is 0 Å². The number of aryl methyl sites for hydroxylation is 1. The van der Waals surface area contributed by atoms with E-state index in [4.69, 9.17) is 4.74 Å². The minimum atomic E-state index is -0.530. The lowest BCUT2D eigenvalue weighted by Crippen LogP contribution is -2.42. The highest BCUT2D eigenvalue weighted by Crippen LogP contribution is 2.38. The molecule has 1 aliphatic heterocycles. The smallest absolute Gasteiger partial charge is 0.410 e. The van der Waals surface area contributed by atoms with Crippen LogP contribution in [0.25, 0.3) is 10.9 Å². The molecule has 6 heteroatoms. The second kappa shape index (κ2) is 6.82. The maximum Gasteiger partial charge on any atom is 0.410 e. The first-order valence-corrected chi connectivity index (χ1v) is 9.18. The number of aromatic nitrogens is 1. The summed E-state index contributed by atoms with van der Waals surface area (Å²) in [4.78, 5) is 14.2. The molecule has 1 aromatic heterocycles. The Morgan fingerprint density at radius 3 is 2.77 bits per heavy atom. The average molecular weight is 362 g/mol. The molecular weight excluding hydrogens is 335 g/mol. The summed E-state index contributed by atoms with van der Waals surface area (Å²) in [5.41, 5.74) is 1.12. The molecule has 1 unspecified atom stereocenters. The van der Waals surface area contributed by atoms with Crippen molar-refractivity contribution >= 4 is 17.0 Å². The van der Waals surface area contributed by atoms with E-state index in [1.807, 2.05) is 38.5 Å². The van der Waals surface area contributed by atoms with Gasteiger partial charge in [-0.3, -0.25) is 0 Å². The van der Waals surface area contributed by atoms with E-state index in [0.717, 1.165) is 24.5 Å². The molecule has 0 spiro atoms. The van der Waals surface area contributed by atoms with Gasteiger partial charge in [-0.1, -0.05) is 0 Å². The van der Waals surface area contributed by atoms with Crippen LogP contribution < -0.4 is 0 Å². The van der Waals surface area contributed by atoms with Crippen LogP contribution in [0.1, 0.15) is 52.0 Å². The van der Waals surface area contributed by atoms with Crippen LogP contribution in [0, 0.1) is 5.82 Å². The Bertz CT molecular complexity index is 823. The zero-order valence-corrected chi connectivity index (χ0v) is 15.9. The van der Waals surface area contributed by atoms with Crippen molar-refractivity contribution in [1.29, 1.82) is 0 Å². The van der Waals surface area contributed by atoms with Gasteiger partial charge in [0.15, 0.2) is 0 Å². The normalized spacial score (nSPS) is 18.3. The molecule has 0 radical (unpaired) electrons. The summed E-state index contributed by atoms with van der Waals surface area (Å²) in [6, 6.07) is 2.61. The van der Waals surface area contributed by atoms with Crippen molar-refractivity contribution in [2.75, 3.05) is 13.1 Å². The van der Waals surface area contributed by atoms with Gasteiger partial charge in [0.25, 0.3) is 0 Å². The summed E-state index contributed by atoms with van der Waals surface area (Å²) in [6.45, 7) is 9.43. The van der Waals surface area contributed by atoms with E-state index in [-0.39, 0.29) is 17.8 Å². The first kappa shape index (κ1) is 18.5. The highest BCUT2D eigenvalue weighted by molar-refractivity contribution is 5.90. The molecule has 1 N–H and O–H groups in total. The number of hydrogen-bond donors (Lipinski definition) is 1. The van der Waals surface area contributed by atoms with Crippen molar-refractivity contribution in [3.05, 3.63) is 29.7 Å². The number of phenols is 1. The molecule has 1 aliphatic rings. The van der Waals surface area contributed by atoms with Gasteiger partial charge in [-0.25, -0.2) is 9.18 Å². The number of benzene rings is 1. The van der Waals surface area contributed by atoms with Gasteiger partial charge in [-0.2, -0.15) is 0 Å². The monoisotopic (exact) mass is 362 g/mol. The van der Waals surface area contributed by atoms with E-state index in [2.05, 4.69) is 0 Å². The molecule has 0 saturated carbocycles. The zero-order valence-electron chi connectivity index (χ0n) is 15.9. The van der Waals surface area contributed by atoms with Crippen LogP contribution in [0.2, 0.25) is 0 Å². The zero-order chi connectivity index (χ0) is 19.1. The third-order valence-electron chi connectivity index (χ3n) is 4.81. The number of piperidine rings is 1. The molecule has 26 heavy (non-hydrogen) atoms. The number of aromatic hydroxyl groups is 1. The highest BCUT2D eigenvalue weighted by Gasteiger charge is 2.30. The van der Waals surface area contributed by atoms with Gasteiger partial charge in [-0.05, 0) is 52.2 Å². The van der Waals surface area contributed by atoms with Crippen LogP contribution in [0.15, 0.2) is 18.3 Å². The number of phenolic OH excluding ortho intramolecular Hbond substituents is 1. The van der Waals surface area contributed by atoms with E-state index in [1.54, 1.807) is 4.90 Å². The molecule has 1 atom stereocenters. The molecule has 1 amide bonds. The molecule has 142 valence electrons. The molecular formula is C20H27FN2O3. The molecule has 2 heterocycles. The van der Waals surface area contributed by atoms with Crippen molar-refractivity contribution in [2.24, 2.45) is 0 Å². The number of likely N-dealkylation sites (tertiary alicyclic amines) is 1. The van der Waals surface area contributed by atoms with Gasteiger partial charge in [0.2, 0.25) is 0 Å². The van der Waals surface area contributed by atoms with E-state index >= 15 is 0 Å². The lowest BCUT2D eigenvalue weighted by molar-refractivity contribution is 0.0198. The lowest BCUT2D eigenvalue weighted by Gasteiger charge is -2.34. The molecule has 5 nitrogen and oxygen atoms in total. The molecule has 0 aliphatic carbocycles. The number of carbonyl (C=O) groups is 1. The molecule has 2 aromatic rings. The Morgan fingerprint density at radius 1 is 1.38 bits per heavy atom. The van der Waals surface area contributed by atoms with Crippen LogP contribution in [0.4, 0.5) is 9.18 Å². The summed E-state index contributed by atoms with van der Waals surface area (Å²) in [7, 11) is 0. The summed E-state index contributed by atoms with van der Waals surface area (Å²) in [5, 5.41) is 11.0. The summed E-state index contributed by atoms with van der Waals surface area (Å²) >= 11 is 0. The van der Waals surface area contributed by atoms with Gasteiger partial charge in [0.1, 0.15) is 17.2 Å². The van der Waals surface area contributed by atoms with Crippen molar-refractivity contribution in [3.63, 3.8) is 0 Å². The van der Waals surface area contributed by atoms with E-state index in [9.17, 15) is 14.3 Å². The van der Waals surface area contributed by atoms with Crippen molar-refractivity contribution < 1.29 is 19.0 Å². The van der Waals surface area contributed by atoms with Crippen molar-refractivity contribution in [1.82, 2.24) is 9.47 Å². The second-order valence-electron chi connectivity index (χ2n) is 7.96. The Hall–Kier alpha value is -2.24. The van der Waals surface area contributed by atoms with Gasteiger partial charge >= 0.3 is 6.09 Å². The van der Waals surface area contributed by atoms with Crippen molar-refractivity contribution in [2.45, 2.75) is 58.6 Å². The fraction of sp³-hybridized carbons (Fsp3) is 0.550. The summed E-state index contributed by atoms with van der Waals surface area (Å²) in [6.07, 6.45) is 3.45. The van der Waals surface area contributed by atoms with Gasteiger partial charge in [0, 0.05) is 43.2 Å². The quantitative estimate of drug-likeness (QED) is 0.848. The molecule has 1 fully saturated rings. The van der Waals surface area contributed by atoms with Gasteiger partial charge in [-0.15, -0.1) is 0 Å². The van der Waals surface area contributed by atoms with E-state index < -0.39 is 11.4 Å². The number of halogens is 1. The Labute approximate surface area is 153 Å². The Kier molecular flexibility index (Phi) is 4.86. The highest BCUT2D eigenvalue weighted by atomic mass is 19.1. The summed E-state index contributed by atoms with van der Waals surface area (Å²) in [5.74, 6) is -0.409. The van der Waals surface area contributed by atoms with E-state index in [0.29, 0.717) is 30.5 Å². The number of nitrogens with zero attached hydrogens (tertiary/aromatic N) is 2. The minimum Gasteiger partial charge on any atom is -0.507 e. The summed E-state index contributed by atoms with van der Waals surface area (Å²) < 4.78 is 21.2. The number of rotatable bonds is 2. The standard InChI is InChI=1S/C20H27FN2O3/c1-5-22-12-15(18-16(22)9-14(21)10-17(18)24)13-7-6-8-23(11-13)19(25)26-20(2,3)4/h9-10,12-13,24H,5-8,11H2,1-4H3. The van der Waals surface area contributed by atoms with Crippen molar-refractivity contribution in [3.8, 4) is 5.75 Å². The molecule has 1 saturated heterocycles.